The lowest BCUT2D eigenvalue weighted by Gasteiger charge is -2.34. The topological polar surface area (TPSA) is 98.8 Å². The van der Waals surface area contributed by atoms with Crippen molar-refractivity contribution in [3.8, 4) is 0 Å². The molecule has 1 fully saturated rings. The van der Waals surface area contributed by atoms with Crippen molar-refractivity contribution in [1.29, 1.82) is 0 Å². The molecule has 0 amide bonds. The van der Waals surface area contributed by atoms with E-state index in [-0.39, 0.29) is 28.7 Å². The van der Waals surface area contributed by atoms with Gasteiger partial charge in [0.15, 0.2) is 0 Å². The molecule has 0 unspecified atom stereocenters. The predicted molar refractivity (Wildman–Crippen MR) is 124 cm³/mol. The Bertz CT molecular complexity index is 1080. The Morgan fingerprint density at radius 3 is 2.00 bits per heavy atom. The van der Waals surface area contributed by atoms with Gasteiger partial charge < -0.3 is 9.80 Å². The first-order valence-corrected chi connectivity index (χ1v) is 12.6. The summed E-state index contributed by atoms with van der Waals surface area (Å²) in [6.07, 6.45) is 1.04. The Balaban J connectivity index is 0.00000320. The van der Waals surface area contributed by atoms with Gasteiger partial charge in [-0.2, -0.15) is 0 Å². The number of likely N-dealkylation sites (N-methyl/N-ethyl adjacent to an activating group) is 1. The quantitative estimate of drug-likeness (QED) is 0.666. The van der Waals surface area contributed by atoms with Gasteiger partial charge in [0.05, 0.1) is 22.5 Å². The number of rotatable bonds is 6. The van der Waals surface area contributed by atoms with Crippen molar-refractivity contribution < 1.29 is 16.8 Å². The van der Waals surface area contributed by atoms with Crippen LogP contribution in [-0.4, -0.2) is 61.2 Å². The van der Waals surface area contributed by atoms with E-state index in [4.69, 9.17) is 0 Å². The van der Waals surface area contributed by atoms with Gasteiger partial charge in [-0.1, -0.05) is 17.7 Å². The summed E-state index contributed by atoms with van der Waals surface area (Å²) in [5, 5.41) is 0. The first-order valence-electron chi connectivity index (χ1n) is 9.18. The molecule has 0 saturated carbocycles. The molecule has 0 bridgehead atoms. The van der Waals surface area contributed by atoms with Gasteiger partial charge in [0.25, 0.3) is 10.0 Å². The monoisotopic (exact) mass is 474 g/mol. The zero-order valence-electron chi connectivity index (χ0n) is 17.1. The minimum Gasteiger partial charge on any atom is -0.369 e. The van der Waals surface area contributed by atoms with Crippen molar-refractivity contribution in [2.24, 2.45) is 0 Å². The maximum absolute atomic E-state index is 12.7. The van der Waals surface area contributed by atoms with Gasteiger partial charge >= 0.3 is 0 Å². The number of nitrogens with zero attached hydrogens (tertiary/aromatic N) is 2. The molecule has 0 atom stereocenters. The third-order valence-electron chi connectivity index (χ3n) is 4.74. The molecule has 2 aromatic carbocycles. The minimum absolute atomic E-state index is 0. The first kappa shape index (κ1) is 24.3. The molecule has 1 aliphatic heterocycles. The fraction of sp³-hybridized carbons (Fsp3) is 0.368. The van der Waals surface area contributed by atoms with Gasteiger partial charge in [0.2, 0.25) is 10.0 Å². The Kier molecular flexibility index (Phi) is 7.62. The van der Waals surface area contributed by atoms with Crippen molar-refractivity contribution in [2.75, 3.05) is 53.8 Å². The summed E-state index contributed by atoms with van der Waals surface area (Å²) in [4.78, 5) is 4.47. The minimum atomic E-state index is -3.86. The van der Waals surface area contributed by atoms with Crippen LogP contribution in [0.4, 0.5) is 17.1 Å². The lowest BCUT2D eigenvalue weighted by Crippen LogP contribution is -2.44. The smallest absolute Gasteiger partial charge is 0.261 e. The normalized spacial score (nSPS) is 15.4. The van der Waals surface area contributed by atoms with Gasteiger partial charge in [0, 0.05) is 31.9 Å². The zero-order valence-corrected chi connectivity index (χ0v) is 19.6. The summed E-state index contributed by atoms with van der Waals surface area (Å²) < 4.78 is 54.1. The molecule has 166 valence electrons. The maximum atomic E-state index is 12.7. The standard InChI is InChI=1S/C19H26N4O4S2.ClH/c1-15-4-7-17(8-5-15)29(26,27)21-18-9-6-16(14-19(18)20-28(3,24)25)23-12-10-22(2)11-13-23;/h4-9,14,20-21H,10-13H2,1-3H3;1H. The second-order valence-corrected chi connectivity index (χ2v) is 10.7. The third-order valence-corrected chi connectivity index (χ3v) is 6.71. The van der Waals surface area contributed by atoms with Crippen molar-refractivity contribution in [3.05, 3.63) is 48.0 Å². The molecule has 8 nitrogen and oxygen atoms in total. The van der Waals surface area contributed by atoms with Crippen LogP contribution in [-0.2, 0) is 20.0 Å². The summed E-state index contributed by atoms with van der Waals surface area (Å²) in [5.74, 6) is 0. The Hall–Kier alpha value is -2.01. The van der Waals surface area contributed by atoms with E-state index in [1.165, 1.54) is 12.1 Å². The Labute approximate surface area is 184 Å². The van der Waals surface area contributed by atoms with Crippen LogP contribution in [0.1, 0.15) is 5.56 Å². The molecule has 11 heteroatoms. The van der Waals surface area contributed by atoms with E-state index in [0.717, 1.165) is 43.7 Å². The van der Waals surface area contributed by atoms with E-state index in [9.17, 15) is 16.8 Å². The Morgan fingerprint density at radius 2 is 1.43 bits per heavy atom. The summed E-state index contributed by atoms with van der Waals surface area (Å²) in [6, 6.07) is 11.5. The highest BCUT2D eigenvalue weighted by Gasteiger charge is 2.20. The number of sulfonamides is 2. The van der Waals surface area contributed by atoms with E-state index in [1.807, 2.05) is 6.92 Å². The lowest BCUT2D eigenvalue weighted by atomic mass is 10.2. The van der Waals surface area contributed by atoms with E-state index < -0.39 is 20.0 Å². The molecule has 2 N–H and O–H groups in total. The first-order chi connectivity index (χ1) is 13.5. The van der Waals surface area contributed by atoms with Crippen LogP contribution in [0.25, 0.3) is 0 Å². The van der Waals surface area contributed by atoms with E-state index in [0.29, 0.717) is 0 Å². The molecule has 0 radical (unpaired) electrons. The number of piperazine rings is 1. The Morgan fingerprint density at radius 1 is 0.833 bits per heavy atom. The highest BCUT2D eigenvalue weighted by Crippen LogP contribution is 2.31. The summed E-state index contributed by atoms with van der Waals surface area (Å²) in [7, 11) is -5.40. The van der Waals surface area contributed by atoms with Crippen molar-refractivity contribution in [2.45, 2.75) is 11.8 Å². The average molecular weight is 475 g/mol. The van der Waals surface area contributed by atoms with Crippen LogP contribution in [0.3, 0.4) is 0 Å². The van der Waals surface area contributed by atoms with E-state index >= 15 is 0 Å². The van der Waals surface area contributed by atoms with Crippen LogP contribution in [0.2, 0.25) is 0 Å². The summed E-state index contributed by atoms with van der Waals surface area (Å²) in [6.45, 7) is 5.29. The molecule has 30 heavy (non-hydrogen) atoms. The van der Waals surface area contributed by atoms with Crippen LogP contribution in [0, 0.1) is 6.92 Å². The van der Waals surface area contributed by atoms with Crippen LogP contribution >= 0.6 is 12.4 Å². The summed E-state index contributed by atoms with van der Waals surface area (Å²) in [5.41, 5.74) is 2.15. The molecule has 3 rings (SSSR count). The molecule has 0 aromatic heterocycles. The number of benzene rings is 2. The van der Waals surface area contributed by atoms with Gasteiger partial charge in [-0.05, 0) is 44.3 Å². The number of nitrogens with one attached hydrogen (secondary N) is 2. The van der Waals surface area contributed by atoms with Crippen LogP contribution in [0.15, 0.2) is 47.4 Å². The third kappa shape index (κ3) is 6.24. The molecule has 1 heterocycles. The highest BCUT2D eigenvalue weighted by molar-refractivity contribution is 7.93. The number of hydrogen-bond donors (Lipinski definition) is 2. The molecular weight excluding hydrogens is 448 g/mol. The van der Waals surface area contributed by atoms with E-state index in [2.05, 4.69) is 26.3 Å². The van der Waals surface area contributed by atoms with Gasteiger partial charge in [0.1, 0.15) is 0 Å². The van der Waals surface area contributed by atoms with Crippen LogP contribution < -0.4 is 14.3 Å². The molecular formula is C19H27ClN4O4S2. The number of halogens is 1. The average Bonchev–Trinajstić information content (AvgIpc) is 2.63. The lowest BCUT2D eigenvalue weighted by molar-refractivity contribution is 0.313. The van der Waals surface area contributed by atoms with Crippen LogP contribution in [0.5, 0.6) is 0 Å². The van der Waals surface area contributed by atoms with Gasteiger partial charge in [-0.3, -0.25) is 9.44 Å². The molecule has 1 aliphatic rings. The number of anilines is 3. The second kappa shape index (κ2) is 9.42. The molecule has 1 saturated heterocycles. The van der Waals surface area contributed by atoms with E-state index in [1.54, 1.807) is 30.3 Å². The van der Waals surface area contributed by atoms with Crippen molar-refractivity contribution in [3.63, 3.8) is 0 Å². The van der Waals surface area contributed by atoms with Gasteiger partial charge in [-0.25, -0.2) is 16.8 Å². The van der Waals surface area contributed by atoms with Crippen molar-refractivity contribution >= 4 is 49.5 Å². The fourth-order valence-electron chi connectivity index (χ4n) is 3.09. The number of aryl methyl sites for hydroxylation is 1. The largest absolute Gasteiger partial charge is 0.369 e. The summed E-state index contributed by atoms with van der Waals surface area (Å²) >= 11 is 0. The molecule has 0 spiro atoms. The highest BCUT2D eigenvalue weighted by atomic mass is 35.5. The second-order valence-electron chi connectivity index (χ2n) is 7.31. The van der Waals surface area contributed by atoms with Crippen molar-refractivity contribution in [1.82, 2.24) is 4.90 Å². The molecule has 0 aliphatic carbocycles. The fourth-order valence-corrected chi connectivity index (χ4v) is 4.74. The maximum Gasteiger partial charge on any atom is 0.261 e. The predicted octanol–water partition coefficient (Wildman–Crippen LogP) is 2.34. The van der Waals surface area contributed by atoms with Gasteiger partial charge in [-0.15, -0.1) is 12.4 Å². The SMILES string of the molecule is Cc1ccc(S(=O)(=O)Nc2ccc(N3CCN(C)CC3)cc2NS(C)(=O)=O)cc1.Cl. The molecule has 2 aromatic rings. The zero-order chi connectivity index (χ0) is 21.2. The number of hydrogen-bond acceptors (Lipinski definition) is 6.